The van der Waals surface area contributed by atoms with Crippen LogP contribution in [0.5, 0.6) is 0 Å². The van der Waals surface area contributed by atoms with Gasteiger partial charge >= 0.3 is 12.1 Å². The Labute approximate surface area is 217 Å². The molecule has 0 unspecified atom stereocenters. The van der Waals surface area contributed by atoms with Crippen molar-refractivity contribution >= 4 is 34.3 Å². The summed E-state index contributed by atoms with van der Waals surface area (Å²) < 4.78 is 67.3. The van der Waals surface area contributed by atoms with Crippen molar-refractivity contribution in [3.05, 3.63) is 65.2 Å². The third kappa shape index (κ3) is 4.32. The number of nitrogens with zero attached hydrogens (tertiary/aromatic N) is 5. The van der Waals surface area contributed by atoms with Gasteiger partial charge in [-0.1, -0.05) is 42.8 Å². The molecule has 3 aromatic heterocycles. The Morgan fingerprint density at radius 3 is 2.35 bits per heavy atom. The lowest BCUT2D eigenvalue weighted by atomic mass is 9.95. The van der Waals surface area contributed by atoms with E-state index >= 15 is 0 Å². The van der Waals surface area contributed by atoms with Crippen LogP contribution < -0.4 is 0 Å². The lowest BCUT2D eigenvalue weighted by molar-refractivity contribution is -0.290. The van der Waals surface area contributed by atoms with Crippen molar-refractivity contribution in [3.63, 3.8) is 0 Å². The highest BCUT2D eigenvalue weighted by molar-refractivity contribution is 7.99. The van der Waals surface area contributed by atoms with Gasteiger partial charge in [0.2, 0.25) is 0 Å². The number of rotatable bonds is 6. The molecule has 0 spiro atoms. The normalized spacial score (nSPS) is 15.1. The number of thioether (sulfide) groups is 1. The van der Waals surface area contributed by atoms with Crippen molar-refractivity contribution in [1.82, 2.24) is 19.7 Å². The maximum Gasteiger partial charge on any atom is 0.459 e. The molecule has 1 aromatic carbocycles. The molecule has 0 bridgehead atoms. The zero-order chi connectivity index (χ0) is 26.6. The van der Waals surface area contributed by atoms with Gasteiger partial charge in [0.15, 0.2) is 5.82 Å². The van der Waals surface area contributed by atoms with E-state index in [0.29, 0.717) is 22.5 Å². The molecule has 1 fully saturated rings. The molecular weight excluding hydrogens is 533 g/mol. The van der Waals surface area contributed by atoms with Crippen molar-refractivity contribution in [2.24, 2.45) is 0 Å². The average Bonchev–Trinajstić information content (AvgIpc) is 3.61. The summed E-state index contributed by atoms with van der Waals surface area (Å²) in [5.41, 5.74) is 0.642. The molecule has 5 rings (SSSR count). The first-order valence-corrected chi connectivity index (χ1v) is 12.5. The van der Waals surface area contributed by atoms with Gasteiger partial charge in [-0.3, -0.25) is 4.98 Å². The van der Waals surface area contributed by atoms with Gasteiger partial charge in [0, 0.05) is 18.0 Å². The summed E-state index contributed by atoms with van der Waals surface area (Å²) in [7, 11) is 0. The van der Waals surface area contributed by atoms with Crippen LogP contribution in [0.3, 0.4) is 0 Å². The van der Waals surface area contributed by atoms with Crippen molar-refractivity contribution < 1.29 is 22.0 Å². The lowest BCUT2D eigenvalue weighted by Gasteiger charge is -2.18. The molecule has 190 valence electrons. The zero-order valence-corrected chi connectivity index (χ0v) is 20.7. The molecule has 3 heterocycles. The number of alkyl halides is 5. The van der Waals surface area contributed by atoms with Gasteiger partial charge in [0.1, 0.15) is 10.8 Å². The highest BCUT2D eigenvalue weighted by Gasteiger charge is 2.60. The molecule has 12 heteroatoms. The van der Waals surface area contributed by atoms with Crippen LogP contribution in [-0.2, 0) is 11.3 Å². The van der Waals surface area contributed by atoms with Crippen LogP contribution in [0.4, 0.5) is 22.0 Å². The second kappa shape index (κ2) is 8.96. The minimum Gasteiger partial charge on any atom is -0.254 e. The van der Waals surface area contributed by atoms with Crippen LogP contribution in [0.1, 0.15) is 31.0 Å². The smallest absolute Gasteiger partial charge is 0.254 e. The Morgan fingerprint density at radius 1 is 1.05 bits per heavy atom. The molecule has 0 atom stereocenters. The maximum atomic E-state index is 13.8. The topological polar surface area (TPSA) is 67.4 Å². The van der Waals surface area contributed by atoms with E-state index in [9.17, 15) is 27.2 Å². The molecule has 1 aliphatic carbocycles. The van der Waals surface area contributed by atoms with E-state index in [0.717, 1.165) is 35.7 Å². The molecule has 0 N–H and O–H groups in total. The monoisotopic (exact) mass is 549 g/mol. The summed E-state index contributed by atoms with van der Waals surface area (Å²) in [6, 6.07) is 12.6. The fourth-order valence-electron chi connectivity index (χ4n) is 4.00. The van der Waals surface area contributed by atoms with Gasteiger partial charge in [-0.2, -0.15) is 32.3 Å². The van der Waals surface area contributed by atoms with Gasteiger partial charge in [-0.25, -0.2) is 9.67 Å². The molecule has 0 amide bonds. The molecule has 1 saturated carbocycles. The van der Waals surface area contributed by atoms with E-state index in [-0.39, 0.29) is 21.5 Å². The van der Waals surface area contributed by atoms with Crippen LogP contribution >= 0.6 is 23.4 Å². The third-order valence-electron chi connectivity index (χ3n) is 6.24. The van der Waals surface area contributed by atoms with Gasteiger partial charge in [0.05, 0.1) is 27.3 Å². The lowest BCUT2D eigenvalue weighted by Crippen LogP contribution is -2.34. The second-order valence-electron chi connectivity index (χ2n) is 8.61. The molecular formula is C25H17ClF5N5S. The first kappa shape index (κ1) is 25.4. The summed E-state index contributed by atoms with van der Waals surface area (Å²) in [6.45, 7) is 1.93. The van der Waals surface area contributed by atoms with Gasteiger partial charge in [0.25, 0.3) is 0 Å². The van der Waals surface area contributed by atoms with Crippen molar-refractivity contribution in [2.75, 3.05) is 5.75 Å². The van der Waals surface area contributed by atoms with E-state index in [1.54, 1.807) is 6.20 Å². The average molecular weight is 550 g/mol. The minimum absolute atomic E-state index is 0.0156. The summed E-state index contributed by atoms with van der Waals surface area (Å²) in [4.78, 5) is 8.49. The first-order chi connectivity index (χ1) is 17.5. The van der Waals surface area contributed by atoms with Gasteiger partial charge in [-0.05, 0) is 41.9 Å². The van der Waals surface area contributed by atoms with E-state index < -0.39 is 17.8 Å². The number of nitriles is 1. The van der Waals surface area contributed by atoms with Crippen molar-refractivity contribution in [1.29, 1.82) is 5.26 Å². The van der Waals surface area contributed by atoms with E-state index in [4.69, 9.17) is 11.6 Å². The maximum absolute atomic E-state index is 13.8. The highest BCUT2D eigenvalue weighted by atomic mass is 35.5. The Kier molecular flexibility index (Phi) is 6.15. The minimum atomic E-state index is -5.80. The molecule has 4 aromatic rings. The Balaban J connectivity index is 1.54. The van der Waals surface area contributed by atoms with Crippen LogP contribution in [0, 0.1) is 11.3 Å². The quantitative estimate of drug-likeness (QED) is 0.184. The number of hydrogen-bond acceptors (Lipinski definition) is 5. The number of fused-ring (bicyclic) bond motifs is 1. The fraction of sp³-hybridized carbons (Fsp3) is 0.280. The number of aromatic nitrogens is 4. The Morgan fingerprint density at radius 2 is 1.76 bits per heavy atom. The largest absolute Gasteiger partial charge is 0.459 e. The van der Waals surface area contributed by atoms with Gasteiger partial charge in [-0.15, -0.1) is 11.8 Å². The standard InChI is InChI=1S/C25H17ClF5N5S/c1-2-37-19-9-15(14-3-5-16(6-4-14)23(13-32)7-8-23)11-34-22(19)36-21(26)17-12-33-20(10-18(17)35-36)24(27,28)25(29,30)31/h3-6,9-12H,2,7-8H2,1H3. The predicted molar refractivity (Wildman–Crippen MR) is 130 cm³/mol. The Bertz CT molecular complexity index is 1540. The van der Waals surface area contributed by atoms with E-state index in [1.165, 1.54) is 16.4 Å². The summed E-state index contributed by atoms with van der Waals surface area (Å²) in [5, 5.41) is 13.7. The molecule has 0 radical (unpaired) electrons. The highest BCUT2D eigenvalue weighted by Crippen LogP contribution is 2.48. The molecule has 0 aliphatic heterocycles. The molecule has 37 heavy (non-hydrogen) atoms. The number of pyridine rings is 2. The van der Waals surface area contributed by atoms with Crippen LogP contribution in [0.15, 0.2) is 53.7 Å². The number of benzene rings is 1. The van der Waals surface area contributed by atoms with Crippen LogP contribution in [0.25, 0.3) is 27.8 Å². The Hall–Kier alpha value is -3.23. The molecule has 1 aliphatic rings. The SMILES string of the molecule is CCSc1cc(-c2ccc(C3(C#N)CC3)cc2)cnc1-n1nc2cc(C(F)(F)C(F)(F)F)ncc2c1Cl. The molecule has 5 nitrogen and oxygen atoms in total. The zero-order valence-electron chi connectivity index (χ0n) is 19.2. The summed E-state index contributed by atoms with van der Waals surface area (Å²) in [6.07, 6.45) is -1.65. The van der Waals surface area contributed by atoms with Crippen molar-refractivity contribution in [2.45, 2.75) is 42.2 Å². The fourth-order valence-corrected chi connectivity index (χ4v) is 5.05. The second-order valence-corrected chi connectivity index (χ2v) is 10.3. The third-order valence-corrected chi connectivity index (χ3v) is 7.51. The predicted octanol–water partition coefficient (Wildman–Crippen LogP) is 7.46. The van der Waals surface area contributed by atoms with Crippen molar-refractivity contribution in [3.8, 4) is 23.0 Å². The molecule has 0 saturated heterocycles. The number of hydrogen-bond donors (Lipinski definition) is 0. The van der Waals surface area contributed by atoms with Crippen LogP contribution in [-0.4, -0.2) is 31.7 Å². The van der Waals surface area contributed by atoms with E-state index in [2.05, 4.69) is 21.1 Å². The summed E-state index contributed by atoms with van der Waals surface area (Å²) >= 11 is 7.88. The van der Waals surface area contributed by atoms with Crippen LogP contribution in [0.2, 0.25) is 5.15 Å². The summed E-state index contributed by atoms with van der Waals surface area (Å²) in [5.74, 6) is -4.16. The van der Waals surface area contributed by atoms with E-state index in [1.807, 2.05) is 37.3 Å². The first-order valence-electron chi connectivity index (χ1n) is 11.2. The van der Waals surface area contributed by atoms with Gasteiger partial charge < -0.3 is 0 Å². The number of halogens is 6.